The topological polar surface area (TPSA) is 12.0 Å². The Bertz CT molecular complexity index is 350. The van der Waals surface area contributed by atoms with Gasteiger partial charge in [0.25, 0.3) is 0 Å². The van der Waals surface area contributed by atoms with Crippen molar-refractivity contribution in [3.8, 4) is 0 Å². The predicted molar refractivity (Wildman–Crippen MR) is 73.1 cm³/mol. The number of hydrogen-bond acceptors (Lipinski definition) is 1. The minimum atomic E-state index is 0.830. The molecular weight excluding hydrogens is 286 g/mol. The van der Waals surface area contributed by atoms with Crippen molar-refractivity contribution in [2.24, 2.45) is 0 Å². The van der Waals surface area contributed by atoms with E-state index in [1.807, 2.05) is 6.07 Å². The van der Waals surface area contributed by atoms with Crippen LogP contribution in [0.2, 0.25) is 5.02 Å². The number of benzene rings is 1. The zero-order valence-corrected chi connectivity index (χ0v) is 11.6. The van der Waals surface area contributed by atoms with E-state index >= 15 is 0 Å². The normalized spacial score (nSPS) is 15.4. The van der Waals surface area contributed by atoms with Crippen LogP contribution in [0, 0.1) is 0 Å². The maximum atomic E-state index is 6.16. The monoisotopic (exact) mass is 301 g/mol. The summed E-state index contributed by atoms with van der Waals surface area (Å²) in [7, 11) is 0. The lowest BCUT2D eigenvalue weighted by atomic mass is 10.1. The van der Waals surface area contributed by atoms with Crippen LogP contribution in [0.25, 0.3) is 0 Å². The van der Waals surface area contributed by atoms with Crippen LogP contribution in [0.4, 0.5) is 0 Å². The molecule has 1 saturated carbocycles. The second-order valence-electron chi connectivity index (χ2n) is 4.42. The summed E-state index contributed by atoms with van der Waals surface area (Å²) in [6, 6.07) is 6.97. The van der Waals surface area contributed by atoms with Crippen molar-refractivity contribution in [2.75, 3.05) is 6.54 Å². The Morgan fingerprint density at radius 1 is 1.31 bits per heavy atom. The molecule has 0 bridgehead atoms. The van der Waals surface area contributed by atoms with E-state index in [4.69, 9.17) is 11.6 Å². The zero-order chi connectivity index (χ0) is 11.4. The van der Waals surface area contributed by atoms with Gasteiger partial charge >= 0.3 is 0 Å². The summed E-state index contributed by atoms with van der Waals surface area (Å²) in [6.07, 6.45) is 6.28. The third-order valence-electron chi connectivity index (χ3n) is 2.90. The molecule has 1 aromatic carbocycles. The molecule has 16 heavy (non-hydrogen) atoms. The minimum Gasteiger partial charge on any atom is -0.314 e. The zero-order valence-electron chi connectivity index (χ0n) is 9.31. The average molecular weight is 303 g/mol. The van der Waals surface area contributed by atoms with Crippen LogP contribution in [0.1, 0.15) is 31.2 Å². The largest absolute Gasteiger partial charge is 0.314 e. The van der Waals surface area contributed by atoms with Gasteiger partial charge in [-0.05, 0) is 56.3 Å². The smallest absolute Gasteiger partial charge is 0.0449 e. The van der Waals surface area contributed by atoms with Gasteiger partial charge in [0.15, 0.2) is 0 Å². The predicted octanol–water partition coefficient (Wildman–Crippen LogP) is 4.18. The van der Waals surface area contributed by atoms with Crippen LogP contribution < -0.4 is 5.32 Å². The molecule has 0 radical (unpaired) electrons. The molecular formula is C13H17BrClN. The molecule has 1 aliphatic rings. The SMILES string of the molecule is Clc1cc(Br)ccc1CCCCNC1CC1. The summed E-state index contributed by atoms with van der Waals surface area (Å²) >= 11 is 9.57. The van der Waals surface area contributed by atoms with Crippen LogP contribution in [0.15, 0.2) is 22.7 Å². The number of halogens is 2. The van der Waals surface area contributed by atoms with Gasteiger partial charge in [0, 0.05) is 15.5 Å². The van der Waals surface area contributed by atoms with Crippen LogP contribution >= 0.6 is 27.5 Å². The molecule has 0 amide bonds. The van der Waals surface area contributed by atoms with E-state index in [2.05, 4.69) is 33.4 Å². The molecule has 0 unspecified atom stereocenters. The van der Waals surface area contributed by atoms with E-state index in [9.17, 15) is 0 Å². The summed E-state index contributed by atoms with van der Waals surface area (Å²) in [5, 5.41) is 4.41. The van der Waals surface area contributed by atoms with Crippen molar-refractivity contribution < 1.29 is 0 Å². The van der Waals surface area contributed by atoms with Gasteiger partial charge in [0.1, 0.15) is 0 Å². The van der Waals surface area contributed by atoms with Crippen LogP contribution in [-0.4, -0.2) is 12.6 Å². The second-order valence-corrected chi connectivity index (χ2v) is 5.74. The highest BCUT2D eigenvalue weighted by atomic mass is 79.9. The van der Waals surface area contributed by atoms with Gasteiger partial charge in [-0.15, -0.1) is 0 Å². The first-order valence-corrected chi connectivity index (χ1v) is 7.10. The molecule has 2 rings (SSSR count). The second kappa shape index (κ2) is 6.04. The van der Waals surface area contributed by atoms with Crippen molar-refractivity contribution in [1.29, 1.82) is 0 Å². The molecule has 1 nitrogen and oxygen atoms in total. The lowest BCUT2D eigenvalue weighted by molar-refractivity contribution is 0.620. The van der Waals surface area contributed by atoms with E-state index in [1.54, 1.807) is 0 Å². The minimum absolute atomic E-state index is 0.830. The number of hydrogen-bond donors (Lipinski definition) is 1. The van der Waals surface area contributed by atoms with Gasteiger partial charge in [-0.3, -0.25) is 0 Å². The summed E-state index contributed by atoms with van der Waals surface area (Å²) in [5.41, 5.74) is 1.26. The molecule has 0 aliphatic heterocycles. The maximum Gasteiger partial charge on any atom is 0.0449 e. The van der Waals surface area contributed by atoms with Crippen molar-refractivity contribution in [1.82, 2.24) is 5.32 Å². The first-order chi connectivity index (χ1) is 7.75. The van der Waals surface area contributed by atoms with E-state index in [0.29, 0.717) is 0 Å². The fourth-order valence-electron chi connectivity index (χ4n) is 1.76. The molecule has 0 heterocycles. The van der Waals surface area contributed by atoms with E-state index in [-0.39, 0.29) is 0 Å². The van der Waals surface area contributed by atoms with E-state index in [1.165, 1.54) is 31.2 Å². The third-order valence-corrected chi connectivity index (χ3v) is 3.74. The number of aryl methyl sites for hydroxylation is 1. The molecule has 0 spiro atoms. The van der Waals surface area contributed by atoms with E-state index in [0.717, 1.165) is 28.5 Å². The fourth-order valence-corrected chi connectivity index (χ4v) is 2.53. The third kappa shape index (κ3) is 4.08. The maximum absolute atomic E-state index is 6.16. The summed E-state index contributed by atoms with van der Waals surface area (Å²) in [5.74, 6) is 0. The van der Waals surface area contributed by atoms with Crippen molar-refractivity contribution in [3.05, 3.63) is 33.3 Å². The van der Waals surface area contributed by atoms with Crippen LogP contribution in [0.5, 0.6) is 0 Å². The molecule has 0 saturated heterocycles. The van der Waals surface area contributed by atoms with E-state index < -0.39 is 0 Å². The van der Waals surface area contributed by atoms with Gasteiger partial charge in [0.05, 0.1) is 0 Å². The quantitative estimate of drug-likeness (QED) is 0.777. The summed E-state index contributed by atoms with van der Waals surface area (Å²) < 4.78 is 1.05. The first kappa shape index (κ1) is 12.4. The Balaban J connectivity index is 1.67. The van der Waals surface area contributed by atoms with Gasteiger partial charge < -0.3 is 5.32 Å². The summed E-state index contributed by atoms with van der Waals surface area (Å²) in [6.45, 7) is 1.15. The Morgan fingerprint density at radius 2 is 2.12 bits per heavy atom. The summed E-state index contributed by atoms with van der Waals surface area (Å²) in [4.78, 5) is 0. The highest BCUT2D eigenvalue weighted by molar-refractivity contribution is 9.10. The standard InChI is InChI=1S/C13H17BrClN/c14-11-5-4-10(13(15)9-11)3-1-2-8-16-12-6-7-12/h4-5,9,12,16H,1-3,6-8H2. The van der Waals surface area contributed by atoms with Gasteiger partial charge in [-0.2, -0.15) is 0 Å². The van der Waals surface area contributed by atoms with Crippen molar-refractivity contribution in [3.63, 3.8) is 0 Å². The highest BCUT2D eigenvalue weighted by Gasteiger charge is 2.19. The number of nitrogens with one attached hydrogen (secondary N) is 1. The van der Waals surface area contributed by atoms with Crippen LogP contribution in [-0.2, 0) is 6.42 Å². The average Bonchev–Trinajstić information content (AvgIpc) is 3.04. The molecule has 1 aromatic rings. The van der Waals surface area contributed by atoms with Gasteiger partial charge in [-0.1, -0.05) is 33.6 Å². The molecule has 1 aliphatic carbocycles. The first-order valence-electron chi connectivity index (χ1n) is 5.93. The Kier molecular flexibility index (Phi) is 4.68. The molecule has 1 N–H and O–H groups in total. The molecule has 0 aromatic heterocycles. The van der Waals surface area contributed by atoms with Crippen molar-refractivity contribution >= 4 is 27.5 Å². The molecule has 0 atom stereocenters. The van der Waals surface area contributed by atoms with Gasteiger partial charge in [0.2, 0.25) is 0 Å². The lowest BCUT2D eigenvalue weighted by Crippen LogP contribution is -2.17. The lowest BCUT2D eigenvalue weighted by Gasteiger charge is -2.05. The fraction of sp³-hybridized carbons (Fsp3) is 0.538. The Morgan fingerprint density at radius 3 is 2.81 bits per heavy atom. The Labute approximate surface area is 111 Å². The molecule has 88 valence electrons. The number of unbranched alkanes of at least 4 members (excludes halogenated alkanes) is 1. The molecule has 1 fully saturated rings. The van der Waals surface area contributed by atoms with Crippen molar-refractivity contribution in [2.45, 2.75) is 38.1 Å². The highest BCUT2D eigenvalue weighted by Crippen LogP contribution is 2.23. The number of rotatable bonds is 6. The van der Waals surface area contributed by atoms with Crippen LogP contribution in [0.3, 0.4) is 0 Å². The van der Waals surface area contributed by atoms with Gasteiger partial charge in [-0.25, -0.2) is 0 Å². The molecule has 3 heteroatoms. The Hall–Kier alpha value is -0.0500.